The number of carboxylic acids is 1. The predicted molar refractivity (Wildman–Crippen MR) is 80.3 cm³/mol. The Labute approximate surface area is 130 Å². The number of rotatable bonds is 4. The largest absolute Gasteiger partial charge is 0.481 e. The predicted octanol–water partition coefficient (Wildman–Crippen LogP) is 0.630. The van der Waals surface area contributed by atoms with Crippen LogP contribution < -0.4 is 5.32 Å². The van der Waals surface area contributed by atoms with Gasteiger partial charge in [0.1, 0.15) is 5.92 Å². The maximum atomic E-state index is 12.5. The van der Waals surface area contributed by atoms with Gasteiger partial charge in [-0.05, 0) is 26.7 Å². The minimum atomic E-state index is -0.952. The summed E-state index contributed by atoms with van der Waals surface area (Å²) in [6.45, 7) is 6.29. The zero-order chi connectivity index (χ0) is 15.9. The first-order valence-corrected chi connectivity index (χ1v) is 8.08. The summed E-state index contributed by atoms with van der Waals surface area (Å²) in [7, 11) is 0. The number of fused-ring (bicyclic) bond motifs is 2. The van der Waals surface area contributed by atoms with E-state index in [2.05, 4.69) is 24.1 Å². The SMILES string of the molecule is CC(C)N1CCC(NC(=O)[C@@H]2[C@@H](C(=O)O)[C@H]3C=C[C@H]2O3)CC1. The summed E-state index contributed by atoms with van der Waals surface area (Å²) in [4.78, 5) is 26.3. The third-order valence-electron chi connectivity index (χ3n) is 5.09. The summed E-state index contributed by atoms with van der Waals surface area (Å²) in [6.07, 6.45) is 4.56. The molecule has 2 fully saturated rings. The molecule has 0 radical (unpaired) electrons. The number of hydrogen-bond acceptors (Lipinski definition) is 4. The van der Waals surface area contributed by atoms with Gasteiger partial charge in [-0.3, -0.25) is 9.59 Å². The molecular weight excluding hydrogens is 284 g/mol. The van der Waals surface area contributed by atoms with Crippen molar-refractivity contribution in [2.24, 2.45) is 11.8 Å². The van der Waals surface area contributed by atoms with Crippen LogP contribution in [0.2, 0.25) is 0 Å². The first-order chi connectivity index (χ1) is 10.5. The Balaban J connectivity index is 1.58. The second kappa shape index (κ2) is 6.01. The summed E-state index contributed by atoms with van der Waals surface area (Å²) in [6, 6.07) is 0.664. The fraction of sp³-hybridized carbons (Fsp3) is 0.750. The molecule has 2 bridgehead atoms. The Hall–Kier alpha value is -1.40. The van der Waals surface area contributed by atoms with Gasteiger partial charge in [-0.15, -0.1) is 0 Å². The van der Waals surface area contributed by atoms with Crippen LogP contribution in [-0.4, -0.2) is 59.3 Å². The van der Waals surface area contributed by atoms with E-state index in [0.29, 0.717) is 6.04 Å². The molecule has 6 heteroatoms. The van der Waals surface area contributed by atoms with Crippen molar-refractivity contribution in [3.63, 3.8) is 0 Å². The first kappa shape index (κ1) is 15.5. The van der Waals surface area contributed by atoms with E-state index in [1.54, 1.807) is 6.08 Å². The first-order valence-electron chi connectivity index (χ1n) is 8.08. The van der Waals surface area contributed by atoms with Gasteiger partial charge in [-0.25, -0.2) is 0 Å². The topological polar surface area (TPSA) is 78.9 Å². The van der Waals surface area contributed by atoms with Crippen molar-refractivity contribution in [3.05, 3.63) is 12.2 Å². The Bertz CT molecular complexity index is 483. The number of hydrogen-bond donors (Lipinski definition) is 2. The number of aliphatic carboxylic acids is 1. The second-order valence-corrected chi connectivity index (χ2v) is 6.75. The van der Waals surface area contributed by atoms with Crippen molar-refractivity contribution in [2.75, 3.05) is 13.1 Å². The van der Waals surface area contributed by atoms with Crippen LogP contribution in [0.25, 0.3) is 0 Å². The highest BCUT2D eigenvalue weighted by atomic mass is 16.5. The quantitative estimate of drug-likeness (QED) is 0.745. The number of piperidine rings is 1. The number of nitrogens with zero attached hydrogens (tertiary/aromatic N) is 1. The molecule has 22 heavy (non-hydrogen) atoms. The van der Waals surface area contributed by atoms with Gasteiger partial charge in [-0.1, -0.05) is 12.2 Å². The summed E-state index contributed by atoms with van der Waals surface area (Å²) >= 11 is 0. The molecule has 122 valence electrons. The smallest absolute Gasteiger partial charge is 0.310 e. The van der Waals surface area contributed by atoms with Crippen molar-refractivity contribution in [3.8, 4) is 0 Å². The molecule has 0 aromatic heterocycles. The third-order valence-corrected chi connectivity index (χ3v) is 5.09. The highest BCUT2D eigenvalue weighted by Gasteiger charge is 2.53. The van der Waals surface area contributed by atoms with Crippen molar-refractivity contribution in [1.82, 2.24) is 10.2 Å². The molecule has 0 spiro atoms. The maximum Gasteiger partial charge on any atom is 0.310 e. The monoisotopic (exact) mass is 308 g/mol. The fourth-order valence-electron chi connectivity index (χ4n) is 3.77. The summed E-state index contributed by atoms with van der Waals surface area (Å²) in [5, 5.41) is 12.4. The van der Waals surface area contributed by atoms with Crippen LogP contribution in [0.15, 0.2) is 12.2 Å². The van der Waals surface area contributed by atoms with Crippen LogP contribution in [0.4, 0.5) is 0 Å². The molecule has 1 amide bonds. The maximum absolute atomic E-state index is 12.5. The van der Waals surface area contributed by atoms with E-state index in [1.807, 2.05) is 6.08 Å². The molecule has 0 aliphatic carbocycles. The molecule has 2 saturated heterocycles. The molecule has 0 aromatic carbocycles. The van der Waals surface area contributed by atoms with E-state index >= 15 is 0 Å². The normalized spacial score (nSPS) is 35.2. The fourth-order valence-corrected chi connectivity index (χ4v) is 3.77. The number of likely N-dealkylation sites (tertiary alicyclic amines) is 1. The van der Waals surface area contributed by atoms with Gasteiger partial charge < -0.3 is 20.1 Å². The standard InChI is InChI=1S/C16H24N2O4/c1-9(2)18-7-5-10(6-8-18)17-15(19)13-11-3-4-12(22-11)14(13)16(20)21/h3-4,9-14H,5-8H2,1-2H3,(H,17,19)(H,20,21)/t11-,12-,13+,14+/m1/s1. The lowest BCUT2D eigenvalue weighted by Crippen LogP contribution is -2.50. The van der Waals surface area contributed by atoms with Crippen LogP contribution in [0.1, 0.15) is 26.7 Å². The lowest BCUT2D eigenvalue weighted by molar-refractivity contribution is -0.146. The van der Waals surface area contributed by atoms with Crippen LogP contribution in [-0.2, 0) is 14.3 Å². The van der Waals surface area contributed by atoms with E-state index in [0.717, 1.165) is 25.9 Å². The van der Waals surface area contributed by atoms with Crippen molar-refractivity contribution < 1.29 is 19.4 Å². The number of carbonyl (C=O) groups is 2. The highest BCUT2D eigenvalue weighted by molar-refractivity contribution is 5.87. The van der Waals surface area contributed by atoms with E-state index in [9.17, 15) is 14.7 Å². The van der Waals surface area contributed by atoms with Crippen LogP contribution >= 0.6 is 0 Å². The van der Waals surface area contributed by atoms with Crippen molar-refractivity contribution in [2.45, 2.75) is 51.0 Å². The molecule has 0 aromatic rings. The van der Waals surface area contributed by atoms with E-state index in [-0.39, 0.29) is 18.1 Å². The Morgan fingerprint density at radius 1 is 1.18 bits per heavy atom. The lowest BCUT2D eigenvalue weighted by Gasteiger charge is -2.35. The van der Waals surface area contributed by atoms with Gasteiger partial charge in [-0.2, -0.15) is 0 Å². The molecular formula is C16H24N2O4. The van der Waals surface area contributed by atoms with Crippen LogP contribution in [0.3, 0.4) is 0 Å². The van der Waals surface area contributed by atoms with Crippen LogP contribution in [0, 0.1) is 11.8 Å². The van der Waals surface area contributed by atoms with E-state index < -0.39 is 23.9 Å². The van der Waals surface area contributed by atoms with Gasteiger partial charge >= 0.3 is 5.97 Å². The zero-order valence-electron chi connectivity index (χ0n) is 13.1. The number of ether oxygens (including phenoxy) is 1. The van der Waals surface area contributed by atoms with Crippen LogP contribution in [0.5, 0.6) is 0 Å². The number of nitrogens with one attached hydrogen (secondary N) is 1. The average Bonchev–Trinajstić information content (AvgIpc) is 3.08. The van der Waals surface area contributed by atoms with Crippen molar-refractivity contribution >= 4 is 11.9 Å². The van der Waals surface area contributed by atoms with Gasteiger partial charge in [0.2, 0.25) is 5.91 Å². The van der Waals surface area contributed by atoms with Crippen molar-refractivity contribution in [1.29, 1.82) is 0 Å². The summed E-state index contributed by atoms with van der Waals surface area (Å²) in [5.74, 6) is -2.49. The van der Waals surface area contributed by atoms with E-state index in [4.69, 9.17) is 4.74 Å². The molecule has 6 nitrogen and oxygen atoms in total. The van der Waals surface area contributed by atoms with Gasteiger partial charge in [0.15, 0.2) is 0 Å². The second-order valence-electron chi connectivity index (χ2n) is 6.75. The summed E-state index contributed by atoms with van der Waals surface area (Å²) in [5.41, 5.74) is 0. The number of carboxylic acid groups (broad SMARTS) is 1. The molecule has 2 N–H and O–H groups in total. The molecule has 4 atom stereocenters. The molecule has 3 rings (SSSR count). The lowest BCUT2D eigenvalue weighted by atomic mass is 9.82. The van der Waals surface area contributed by atoms with Gasteiger partial charge in [0.25, 0.3) is 0 Å². The number of carbonyl (C=O) groups excluding carboxylic acids is 1. The average molecular weight is 308 g/mol. The molecule has 3 heterocycles. The molecule has 0 unspecified atom stereocenters. The molecule has 0 saturated carbocycles. The van der Waals surface area contributed by atoms with Gasteiger partial charge in [0, 0.05) is 25.2 Å². The highest BCUT2D eigenvalue weighted by Crippen LogP contribution is 2.39. The minimum absolute atomic E-state index is 0.139. The summed E-state index contributed by atoms with van der Waals surface area (Å²) < 4.78 is 5.56. The Kier molecular flexibility index (Phi) is 4.23. The number of amides is 1. The third kappa shape index (κ3) is 2.77. The Morgan fingerprint density at radius 3 is 2.32 bits per heavy atom. The molecule has 3 aliphatic heterocycles. The molecule has 3 aliphatic rings. The Morgan fingerprint density at radius 2 is 1.77 bits per heavy atom. The zero-order valence-corrected chi connectivity index (χ0v) is 13.1. The van der Waals surface area contributed by atoms with E-state index in [1.165, 1.54) is 0 Å². The minimum Gasteiger partial charge on any atom is -0.481 e. The van der Waals surface area contributed by atoms with Gasteiger partial charge in [0.05, 0.1) is 18.1 Å².